The molecule has 0 unspecified atom stereocenters. The number of halogens is 11. The Morgan fingerprint density at radius 1 is 0.897 bits per heavy atom. The number of phosphoric acid groups is 1. The van der Waals surface area contributed by atoms with Gasteiger partial charge in [0.1, 0.15) is 47.6 Å². The van der Waals surface area contributed by atoms with Crippen molar-refractivity contribution in [3.05, 3.63) is 93.0 Å². The van der Waals surface area contributed by atoms with E-state index in [1.165, 1.54) is 61.5 Å². The van der Waals surface area contributed by atoms with Crippen LogP contribution in [0.4, 0.5) is 49.7 Å². The van der Waals surface area contributed by atoms with Crippen LogP contribution in [0.1, 0.15) is 108 Å². The molecule has 3 aromatic heterocycles. The Morgan fingerprint density at radius 3 is 2.03 bits per heavy atom. The molecule has 2 aliphatic carbocycles. The number of nitrogens with zero attached hydrogens (tertiary/aromatic N) is 6. The van der Waals surface area contributed by atoms with Gasteiger partial charge in [0.05, 0.1) is 45.1 Å². The Kier molecular flexibility index (Phi) is 15.7. The SMILES string of the molecule is CC(C)(C)OP(=O)(OCN(c1nn(CC(F)(F)F)c2c(-c3ccc(C#CC(C)(C)S(C)(=O)=O)nc3[C@H](Cc3cc(F)cc(F)c3)NC(=O)Cn3nc(C(F)(F)F)c4c3C(F)(F)[C@@H]3C[C@H]43)ccc(Cl)c12)S(C)(=O)=O)OC(C)(C)C. The molecule has 1 fully saturated rings. The lowest BCUT2D eigenvalue weighted by Crippen LogP contribution is -2.35. The predicted octanol–water partition coefficient (Wildman–Crippen LogP) is 10.8. The molecular formula is C48H51ClF10N7O9PS2. The van der Waals surface area contributed by atoms with E-state index in [-0.39, 0.29) is 33.5 Å². The summed E-state index contributed by atoms with van der Waals surface area (Å²) in [5, 5.41) is 8.94. The van der Waals surface area contributed by atoms with Gasteiger partial charge in [-0.1, -0.05) is 23.6 Å². The van der Waals surface area contributed by atoms with Crippen LogP contribution in [0.25, 0.3) is 22.0 Å². The van der Waals surface area contributed by atoms with Gasteiger partial charge in [-0.15, -0.1) is 0 Å². The molecule has 16 nitrogen and oxygen atoms in total. The molecule has 0 radical (unpaired) electrons. The fourth-order valence-corrected chi connectivity index (χ4v) is 11.6. The lowest BCUT2D eigenvalue weighted by Gasteiger charge is -2.32. The van der Waals surface area contributed by atoms with Crippen molar-refractivity contribution in [3.8, 4) is 23.0 Å². The Morgan fingerprint density at radius 2 is 1.49 bits per heavy atom. The van der Waals surface area contributed by atoms with Crippen LogP contribution < -0.4 is 9.62 Å². The lowest BCUT2D eigenvalue weighted by atomic mass is 9.93. The first kappa shape index (κ1) is 60.3. The van der Waals surface area contributed by atoms with E-state index in [2.05, 4.69) is 32.3 Å². The molecule has 7 rings (SSSR count). The van der Waals surface area contributed by atoms with Crippen molar-refractivity contribution < 1.29 is 83.7 Å². The summed E-state index contributed by atoms with van der Waals surface area (Å²) in [6.45, 7) is 6.79. The summed E-state index contributed by atoms with van der Waals surface area (Å²) in [4.78, 5) is 18.8. The topological polar surface area (TPSA) is 194 Å². The van der Waals surface area contributed by atoms with E-state index >= 15 is 8.78 Å². The van der Waals surface area contributed by atoms with E-state index in [1.807, 2.05) is 0 Å². The molecule has 0 spiro atoms. The smallest absolute Gasteiger partial charge is 0.346 e. The highest BCUT2D eigenvalue weighted by Gasteiger charge is 2.68. The fourth-order valence-electron chi connectivity index (χ4n) is 8.61. The molecule has 1 saturated carbocycles. The first-order valence-corrected chi connectivity index (χ1v) is 28.9. The van der Waals surface area contributed by atoms with E-state index < -0.39 is 168 Å². The molecule has 78 heavy (non-hydrogen) atoms. The second-order valence-corrected chi connectivity index (χ2v) is 27.6. The highest BCUT2D eigenvalue weighted by atomic mass is 35.5. The third-order valence-electron chi connectivity index (χ3n) is 12.0. The highest BCUT2D eigenvalue weighted by Crippen LogP contribution is 2.68. The van der Waals surface area contributed by atoms with E-state index in [0.29, 0.717) is 21.3 Å². The van der Waals surface area contributed by atoms with Crippen LogP contribution in [0.3, 0.4) is 0 Å². The standard InChI is InChI=1S/C48H51ClF10N7O9PS2/c1-43(2,3)74-76(68,75-44(4,5)6)73-24-66(78(10,71)72)42-37-33(49)14-13-30(39(37)65(63-42)23-46(52,53)54)29-12-11-28(15-16-45(7,8)77(9,69)70)60-38(29)34(19-25-17-26(50)20-27(51)18-25)61-35(67)22-64-41-36(40(62-64)48(57,58)59)31-21-32(31)47(41,55)56/h11-14,17-18,20,31-32,34H,19,21-24H2,1-10H3,(H,61,67)/t31-,32+,34-/m0/s1. The third kappa shape index (κ3) is 13.3. The van der Waals surface area contributed by atoms with Crippen molar-refractivity contribution in [3.63, 3.8) is 0 Å². The van der Waals surface area contributed by atoms with Crippen molar-refractivity contribution in [2.75, 3.05) is 23.5 Å². The molecule has 2 aliphatic rings. The van der Waals surface area contributed by atoms with E-state index in [9.17, 15) is 61.3 Å². The van der Waals surface area contributed by atoms with Gasteiger partial charge in [0.15, 0.2) is 21.3 Å². The molecule has 3 atom stereocenters. The summed E-state index contributed by atoms with van der Waals surface area (Å²) in [5.41, 5.74) is -8.32. The summed E-state index contributed by atoms with van der Waals surface area (Å²) >= 11 is 6.75. The zero-order valence-corrected chi connectivity index (χ0v) is 46.4. The maximum atomic E-state index is 15.7. The number of fused-ring (bicyclic) bond motifs is 4. The van der Waals surface area contributed by atoms with E-state index in [4.69, 9.17) is 25.2 Å². The van der Waals surface area contributed by atoms with Crippen LogP contribution in [-0.4, -0.2) is 88.7 Å². The number of benzene rings is 2. The molecule has 1 amide bonds. The first-order chi connectivity index (χ1) is 35.4. The van der Waals surface area contributed by atoms with Crippen LogP contribution in [-0.2, 0) is 74.4 Å². The largest absolute Gasteiger partial charge is 0.477 e. The molecule has 426 valence electrons. The Hall–Kier alpha value is -5.30. The van der Waals surface area contributed by atoms with Gasteiger partial charge in [0.25, 0.3) is 5.92 Å². The van der Waals surface area contributed by atoms with Gasteiger partial charge in [-0.3, -0.25) is 27.7 Å². The average Bonchev–Trinajstić information content (AvgIpc) is 3.75. The van der Waals surface area contributed by atoms with Gasteiger partial charge in [-0.05, 0) is 116 Å². The van der Waals surface area contributed by atoms with Crippen molar-refractivity contribution >= 4 is 61.9 Å². The third-order valence-corrected chi connectivity index (χ3v) is 17.4. The number of alkyl halides is 8. The zero-order valence-electron chi connectivity index (χ0n) is 43.1. The Bertz CT molecular complexity index is 3530. The number of sulfone groups is 1. The highest BCUT2D eigenvalue weighted by molar-refractivity contribution is 7.92. The zero-order chi connectivity index (χ0) is 58.5. The van der Waals surface area contributed by atoms with Crippen molar-refractivity contribution in [1.82, 2.24) is 29.9 Å². The summed E-state index contributed by atoms with van der Waals surface area (Å²) < 4.78 is 231. The number of hydrogen-bond donors (Lipinski definition) is 1. The number of phosphoric ester groups is 1. The molecule has 5 aromatic rings. The molecule has 0 saturated heterocycles. The second kappa shape index (κ2) is 20.4. The number of aromatic nitrogens is 5. The number of hydrogen-bond acceptors (Lipinski definition) is 12. The molecule has 30 heteroatoms. The predicted molar refractivity (Wildman–Crippen MR) is 265 cm³/mol. The Balaban J connectivity index is 1.47. The minimum absolute atomic E-state index is 0.197. The number of carbonyl (C=O) groups excluding carboxylic acids is 1. The van der Waals surface area contributed by atoms with Crippen LogP contribution in [0.2, 0.25) is 5.02 Å². The minimum atomic E-state index is -5.23. The average molecular weight is 1190 g/mol. The maximum absolute atomic E-state index is 15.7. The molecular weight excluding hydrogens is 1140 g/mol. The van der Waals surface area contributed by atoms with E-state index in [0.717, 1.165) is 36.6 Å². The quantitative estimate of drug-likeness (QED) is 0.0426. The van der Waals surface area contributed by atoms with Gasteiger partial charge in [0.2, 0.25) is 15.9 Å². The number of rotatable bonds is 16. The lowest BCUT2D eigenvalue weighted by molar-refractivity contribution is -0.143. The molecule has 0 bridgehead atoms. The van der Waals surface area contributed by atoms with Crippen molar-refractivity contribution in [2.45, 2.75) is 128 Å². The van der Waals surface area contributed by atoms with Gasteiger partial charge < -0.3 is 5.32 Å². The van der Waals surface area contributed by atoms with Crippen LogP contribution in [0.15, 0.2) is 42.5 Å². The maximum Gasteiger partial charge on any atom is 0.477 e. The second-order valence-electron chi connectivity index (χ2n) is 21.2. The summed E-state index contributed by atoms with van der Waals surface area (Å²) in [5.74, 6) is -5.88. The number of sulfonamides is 1. The monoisotopic (exact) mass is 1190 g/mol. The molecule has 1 N–H and O–H groups in total. The summed E-state index contributed by atoms with van der Waals surface area (Å²) in [6, 6.07) is 4.88. The minimum Gasteiger partial charge on any atom is -0.346 e. The first-order valence-electron chi connectivity index (χ1n) is 23.3. The number of anilines is 1. The van der Waals surface area contributed by atoms with Crippen LogP contribution in [0, 0.1) is 29.4 Å². The molecule has 3 heterocycles. The van der Waals surface area contributed by atoms with Gasteiger partial charge in [0, 0.05) is 34.9 Å². The van der Waals surface area contributed by atoms with Crippen molar-refractivity contribution in [1.29, 1.82) is 0 Å². The van der Waals surface area contributed by atoms with Crippen LogP contribution in [0.5, 0.6) is 0 Å². The number of pyridine rings is 1. The summed E-state index contributed by atoms with van der Waals surface area (Å²) in [6.07, 6.45) is -9.85. The van der Waals surface area contributed by atoms with Crippen LogP contribution >= 0.6 is 19.4 Å². The normalized spacial score (nSPS) is 17.3. The molecule has 0 aliphatic heterocycles. The number of amides is 1. The van der Waals surface area contributed by atoms with Gasteiger partial charge >= 0.3 is 20.2 Å². The Labute approximate surface area is 446 Å². The van der Waals surface area contributed by atoms with Gasteiger partial charge in [-0.25, -0.2) is 39.5 Å². The molecule has 2 aromatic carbocycles. The number of nitrogens with one attached hydrogen (secondary N) is 1. The summed E-state index contributed by atoms with van der Waals surface area (Å²) in [7, 11) is -13.4. The van der Waals surface area contributed by atoms with Crippen molar-refractivity contribution in [2.24, 2.45) is 5.92 Å². The van der Waals surface area contributed by atoms with Gasteiger partial charge in [-0.2, -0.15) is 45.3 Å². The number of carbonyl (C=O) groups is 1. The van der Waals surface area contributed by atoms with E-state index in [1.54, 1.807) is 0 Å². The fraction of sp³-hybridized carbons (Fsp3) is 0.500.